The number of benzene rings is 11. The molecule has 2 spiro atoms. The van der Waals surface area contributed by atoms with Crippen molar-refractivity contribution in [2.45, 2.75) is 10.8 Å². The summed E-state index contributed by atoms with van der Waals surface area (Å²) in [5.74, 6) is 3.51. The third-order valence-corrected chi connectivity index (χ3v) is 15.4. The Morgan fingerprint density at radius 3 is 1.23 bits per heavy atom. The van der Waals surface area contributed by atoms with Gasteiger partial charge in [-0.1, -0.05) is 188 Å². The Kier molecular flexibility index (Phi) is 7.92. The Bertz CT molecular complexity index is 3830. The van der Waals surface area contributed by atoms with Crippen LogP contribution in [0.3, 0.4) is 0 Å². The highest BCUT2D eigenvalue weighted by Crippen LogP contribution is 2.67. The van der Waals surface area contributed by atoms with Crippen molar-refractivity contribution < 1.29 is 9.47 Å². The number of para-hydroxylation sites is 4. The minimum atomic E-state index is -0.663. The molecule has 4 aliphatic rings. The first-order valence-corrected chi connectivity index (χ1v) is 23.8. The molecule has 0 atom stereocenters. The maximum Gasteiger partial charge on any atom is 0.132 e. The van der Waals surface area contributed by atoms with Gasteiger partial charge in [0.15, 0.2) is 0 Å². The van der Waals surface area contributed by atoms with Crippen LogP contribution in [0.4, 0.5) is 17.1 Å². The number of hydrogen-bond donors (Lipinski definition) is 0. The Morgan fingerprint density at radius 2 is 0.681 bits per heavy atom. The Hall–Kier alpha value is -8.92. The molecule has 0 unspecified atom stereocenters. The number of rotatable bonds is 4. The van der Waals surface area contributed by atoms with Gasteiger partial charge in [0.25, 0.3) is 0 Å². The van der Waals surface area contributed by atoms with E-state index in [9.17, 15) is 0 Å². The molecule has 11 aromatic rings. The van der Waals surface area contributed by atoms with Crippen LogP contribution < -0.4 is 14.4 Å². The van der Waals surface area contributed by atoms with E-state index in [0.717, 1.165) is 62.3 Å². The molecular weight excluding hydrogens is 839 g/mol. The van der Waals surface area contributed by atoms with Crippen LogP contribution in [0.2, 0.25) is 0 Å². The molecule has 0 fully saturated rings. The molecule has 0 saturated heterocycles. The van der Waals surface area contributed by atoms with Gasteiger partial charge in [0.2, 0.25) is 0 Å². The van der Waals surface area contributed by atoms with Crippen LogP contribution in [0, 0.1) is 0 Å². The van der Waals surface area contributed by atoms with E-state index in [-0.39, 0.29) is 0 Å². The standard InChI is InChI=1S/C66H41NO2/c1-2-18-42(19-3-1)43-36-38-46(39-37-43)67(57-30-16-28-54-63(57)47-22-6-7-23-49(47)65(54)50-24-8-12-32-59(50)68-60-33-13-9-25-51(60)65)58-31-17-29-55-64(58)48-40-44-20-4-5-21-45(44)41-56(48)66(55)52-26-10-14-34-61(52)69-62-35-15-11-27-53(62)66/h1-41H. The zero-order valence-electron chi connectivity index (χ0n) is 37.4. The molecule has 69 heavy (non-hydrogen) atoms. The monoisotopic (exact) mass is 879 g/mol. The zero-order chi connectivity index (χ0) is 45.3. The smallest absolute Gasteiger partial charge is 0.132 e. The third kappa shape index (κ3) is 5.06. The molecule has 0 N–H and O–H groups in total. The normalized spacial score (nSPS) is 14.3. The van der Waals surface area contributed by atoms with Gasteiger partial charge in [0.05, 0.1) is 22.2 Å². The molecule has 15 rings (SSSR count). The van der Waals surface area contributed by atoms with Crippen LogP contribution in [0.1, 0.15) is 44.5 Å². The van der Waals surface area contributed by atoms with Crippen molar-refractivity contribution in [1.29, 1.82) is 0 Å². The molecule has 2 aliphatic carbocycles. The minimum Gasteiger partial charge on any atom is -0.457 e. The van der Waals surface area contributed by atoms with E-state index in [1.807, 2.05) is 0 Å². The van der Waals surface area contributed by atoms with E-state index >= 15 is 0 Å². The van der Waals surface area contributed by atoms with Crippen molar-refractivity contribution >= 4 is 27.8 Å². The molecule has 322 valence electrons. The van der Waals surface area contributed by atoms with Gasteiger partial charge in [-0.3, -0.25) is 0 Å². The average Bonchev–Trinajstić information content (AvgIpc) is 3.87. The van der Waals surface area contributed by atoms with E-state index in [2.05, 4.69) is 254 Å². The fourth-order valence-electron chi connectivity index (χ4n) is 12.7. The van der Waals surface area contributed by atoms with E-state index in [1.54, 1.807) is 0 Å². The van der Waals surface area contributed by atoms with Crippen LogP contribution in [0.5, 0.6) is 23.0 Å². The first kappa shape index (κ1) is 38.2. The van der Waals surface area contributed by atoms with Gasteiger partial charge in [-0.05, 0) is 116 Å². The van der Waals surface area contributed by atoms with Crippen LogP contribution in [-0.2, 0) is 10.8 Å². The van der Waals surface area contributed by atoms with Crippen molar-refractivity contribution in [3.05, 3.63) is 293 Å². The Balaban J connectivity index is 1.07. The number of hydrogen-bond acceptors (Lipinski definition) is 3. The lowest BCUT2D eigenvalue weighted by Crippen LogP contribution is -2.32. The van der Waals surface area contributed by atoms with Gasteiger partial charge >= 0.3 is 0 Å². The SMILES string of the molecule is c1ccc(-c2ccc(N(c3cccc4c3-c3ccccc3C43c4ccccc4Oc4ccccc43)c3cccc4c3-c3cc5ccccc5cc3C43c4ccccc4Oc4ccccc43)cc2)cc1. The molecule has 2 heterocycles. The van der Waals surface area contributed by atoms with E-state index in [0.29, 0.717) is 0 Å². The summed E-state index contributed by atoms with van der Waals surface area (Å²) in [7, 11) is 0. The van der Waals surface area contributed by atoms with Gasteiger partial charge in [0, 0.05) is 39.1 Å². The summed E-state index contributed by atoms with van der Waals surface area (Å²) in [6.07, 6.45) is 0. The second kappa shape index (κ2) is 14.3. The van der Waals surface area contributed by atoms with Crippen LogP contribution >= 0.6 is 0 Å². The minimum absolute atomic E-state index is 0.625. The molecular formula is C66H41NO2. The molecule has 0 saturated carbocycles. The molecule has 3 heteroatoms. The molecule has 0 amide bonds. The molecule has 2 aliphatic heterocycles. The molecule has 0 bridgehead atoms. The van der Waals surface area contributed by atoms with Gasteiger partial charge in [-0.25, -0.2) is 0 Å². The molecule has 3 nitrogen and oxygen atoms in total. The van der Waals surface area contributed by atoms with Crippen LogP contribution in [0.15, 0.2) is 249 Å². The van der Waals surface area contributed by atoms with Crippen molar-refractivity contribution in [2.75, 3.05) is 4.90 Å². The number of nitrogens with zero attached hydrogens (tertiary/aromatic N) is 1. The van der Waals surface area contributed by atoms with Gasteiger partial charge in [0.1, 0.15) is 23.0 Å². The summed E-state index contributed by atoms with van der Waals surface area (Å²) in [4.78, 5) is 2.55. The van der Waals surface area contributed by atoms with Gasteiger partial charge in [-0.2, -0.15) is 0 Å². The number of ether oxygens (including phenoxy) is 2. The zero-order valence-corrected chi connectivity index (χ0v) is 37.4. The first-order valence-electron chi connectivity index (χ1n) is 23.8. The number of anilines is 3. The second-order valence-electron chi connectivity index (χ2n) is 18.6. The lowest BCUT2D eigenvalue weighted by Gasteiger charge is -2.40. The topological polar surface area (TPSA) is 21.7 Å². The van der Waals surface area contributed by atoms with Crippen molar-refractivity contribution in [3.63, 3.8) is 0 Å². The van der Waals surface area contributed by atoms with Crippen molar-refractivity contribution in [3.8, 4) is 56.4 Å². The second-order valence-corrected chi connectivity index (χ2v) is 18.6. The lowest BCUT2D eigenvalue weighted by molar-refractivity contribution is 0.436. The maximum atomic E-state index is 6.81. The summed E-state index contributed by atoms with van der Waals surface area (Å²) in [5, 5.41) is 2.41. The summed E-state index contributed by atoms with van der Waals surface area (Å²) in [5.41, 5.74) is 18.7. The van der Waals surface area contributed by atoms with Crippen molar-refractivity contribution in [2.24, 2.45) is 0 Å². The summed E-state index contributed by atoms with van der Waals surface area (Å²) in [6.45, 7) is 0. The Labute approximate surface area is 400 Å². The highest BCUT2D eigenvalue weighted by atomic mass is 16.5. The summed E-state index contributed by atoms with van der Waals surface area (Å²) >= 11 is 0. The Morgan fingerprint density at radius 1 is 0.275 bits per heavy atom. The van der Waals surface area contributed by atoms with Gasteiger partial charge in [-0.15, -0.1) is 0 Å². The highest BCUT2D eigenvalue weighted by molar-refractivity contribution is 6.05. The van der Waals surface area contributed by atoms with Crippen LogP contribution in [-0.4, -0.2) is 0 Å². The predicted molar refractivity (Wildman–Crippen MR) is 279 cm³/mol. The van der Waals surface area contributed by atoms with E-state index in [1.165, 1.54) is 66.4 Å². The predicted octanol–water partition coefficient (Wildman–Crippen LogP) is 16.9. The van der Waals surface area contributed by atoms with E-state index in [4.69, 9.17) is 9.47 Å². The van der Waals surface area contributed by atoms with E-state index < -0.39 is 10.8 Å². The van der Waals surface area contributed by atoms with Crippen LogP contribution in [0.25, 0.3) is 44.2 Å². The fraction of sp³-hybridized carbons (Fsp3) is 0.0303. The average molecular weight is 880 g/mol. The van der Waals surface area contributed by atoms with Gasteiger partial charge < -0.3 is 14.4 Å². The maximum absolute atomic E-state index is 6.81. The third-order valence-electron chi connectivity index (χ3n) is 15.4. The summed E-state index contributed by atoms with van der Waals surface area (Å²) in [6, 6.07) is 91.1. The highest BCUT2D eigenvalue weighted by Gasteiger charge is 2.54. The first-order chi connectivity index (χ1) is 34.2. The molecule has 11 aromatic carbocycles. The largest absolute Gasteiger partial charge is 0.457 e. The molecule has 0 aromatic heterocycles. The van der Waals surface area contributed by atoms with Crippen molar-refractivity contribution in [1.82, 2.24) is 0 Å². The number of fused-ring (bicyclic) bond motifs is 19. The quantitative estimate of drug-likeness (QED) is 0.176. The molecule has 0 radical (unpaired) electrons. The fourth-order valence-corrected chi connectivity index (χ4v) is 12.7. The lowest BCUT2D eigenvalue weighted by atomic mass is 9.66. The summed E-state index contributed by atoms with van der Waals surface area (Å²) < 4.78 is 13.6.